The summed E-state index contributed by atoms with van der Waals surface area (Å²) in [6.07, 6.45) is 1.64. The summed E-state index contributed by atoms with van der Waals surface area (Å²) in [4.78, 5) is 8.32. The molecule has 0 saturated carbocycles. The highest BCUT2D eigenvalue weighted by molar-refractivity contribution is 5.60. The molecule has 0 bridgehead atoms. The largest absolute Gasteiger partial charge is 0.491 e. The molecular weight excluding hydrogens is 338 g/mol. The lowest BCUT2D eigenvalue weighted by atomic mass is 10.3. The van der Waals surface area contributed by atoms with Crippen LogP contribution in [0.1, 0.15) is 13.8 Å². The molecule has 3 rings (SSSR count). The SMILES string of the molecule is CC(C)Oc1ccc(Nc2ccnc(Nc3ccc(F)cc3F)n2)cc1. The molecule has 0 unspecified atom stereocenters. The van der Waals surface area contributed by atoms with Crippen LogP contribution in [0.15, 0.2) is 54.7 Å². The maximum Gasteiger partial charge on any atom is 0.229 e. The van der Waals surface area contributed by atoms with Crippen LogP contribution < -0.4 is 15.4 Å². The number of rotatable bonds is 6. The molecule has 7 heteroatoms. The minimum Gasteiger partial charge on any atom is -0.491 e. The Morgan fingerprint density at radius 3 is 2.42 bits per heavy atom. The number of nitrogens with zero attached hydrogens (tertiary/aromatic N) is 2. The molecule has 2 N–H and O–H groups in total. The van der Waals surface area contributed by atoms with Crippen LogP contribution in [0.2, 0.25) is 0 Å². The molecular formula is C19H18F2N4O. The number of hydrogen-bond acceptors (Lipinski definition) is 5. The van der Waals surface area contributed by atoms with Gasteiger partial charge in [-0.3, -0.25) is 0 Å². The van der Waals surface area contributed by atoms with Gasteiger partial charge in [0.05, 0.1) is 11.8 Å². The van der Waals surface area contributed by atoms with E-state index in [1.165, 1.54) is 12.3 Å². The lowest BCUT2D eigenvalue weighted by molar-refractivity contribution is 0.242. The number of hydrogen-bond donors (Lipinski definition) is 2. The van der Waals surface area contributed by atoms with Crippen molar-refractivity contribution in [3.05, 3.63) is 66.4 Å². The van der Waals surface area contributed by atoms with Crippen molar-refractivity contribution < 1.29 is 13.5 Å². The molecule has 0 aliphatic carbocycles. The van der Waals surface area contributed by atoms with Gasteiger partial charge < -0.3 is 15.4 Å². The second-order valence-electron chi connectivity index (χ2n) is 5.83. The first-order valence-corrected chi connectivity index (χ1v) is 8.08. The van der Waals surface area contributed by atoms with Gasteiger partial charge in [-0.05, 0) is 56.3 Å². The molecule has 0 radical (unpaired) electrons. The van der Waals surface area contributed by atoms with E-state index >= 15 is 0 Å². The molecule has 0 spiro atoms. The van der Waals surface area contributed by atoms with Gasteiger partial charge in [0.1, 0.15) is 23.2 Å². The zero-order valence-electron chi connectivity index (χ0n) is 14.3. The summed E-state index contributed by atoms with van der Waals surface area (Å²) >= 11 is 0. The highest BCUT2D eigenvalue weighted by Crippen LogP contribution is 2.22. The predicted molar refractivity (Wildman–Crippen MR) is 97.2 cm³/mol. The van der Waals surface area contributed by atoms with Gasteiger partial charge in [0.2, 0.25) is 5.95 Å². The van der Waals surface area contributed by atoms with Crippen molar-refractivity contribution >= 4 is 23.1 Å². The van der Waals surface area contributed by atoms with Gasteiger partial charge in [0.15, 0.2) is 0 Å². The molecule has 2 aromatic carbocycles. The summed E-state index contributed by atoms with van der Waals surface area (Å²) in [5.74, 6) is 0.146. The van der Waals surface area contributed by atoms with E-state index in [-0.39, 0.29) is 17.7 Å². The quantitative estimate of drug-likeness (QED) is 0.649. The monoisotopic (exact) mass is 356 g/mol. The first-order chi connectivity index (χ1) is 12.5. The molecule has 0 atom stereocenters. The Labute approximate surface area is 150 Å². The van der Waals surface area contributed by atoms with Crippen molar-refractivity contribution in [2.24, 2.45) is 0 Å². The highest BCUT2D eigenvalue weighted by Gasteiger charge is 2.07. The third-order valence-electron chi connectivity index (χ3n) is 3.33. The maximum absolute atomic E-state index is 13.7. The van der Waals surface area contributed by atoms with E-state index in [9.17, 15) is 8.78 Å². The van der Waals surface area contributed by atoms with Crippen LogP contribution in [0, 0.1) is 11.6 Å². The maximum atomic E-state index is 13.7. The van der Waals surface area contributed by atoms with Crippen molar-refractivity contribution in [1.82, 2.24) is 9.97 Å². The van der Waals surface area contributed by atoms with Crippen LogP contribution in [-0.2, 0) is 0 Å². The van der Waals surface area contributed by atoms with Crippen LogP contribution >= 0.6 is 0 Å². The number of nitrogens with one attached hydrogen (secondary N) is 2. The van der Waals surface area contributed by atoms with Crippen molar-refractivity contribution in [3.63, 3.8) is 0 Å². The van der Waals surface area contributed by atoms with Gasteiger partial charge in [0.25, 0.3) is 0 Å². The van der Waals surface area contributed by atoms with Crippen molar-refractivity contribution in [3.8, 4) is 5.75 Å². The Hall–Kier alpha value is -3.22. The lowest BCUT2D eigenvalue weighted by Gasteiger charge is -2.11. The molecule has 0 aliphatic heterocycles. The molecule has 0 saturated heterocycles. The van der Waals surface area contributed by atoms with E-state index < -0.39 is 11.6 Å². The standard InChI is InChI=1S/C19H18F2N4O/c1-12(2)26-15-6-4-14(5-7-15)23-18-9-10-22-19(25-18)24-17-8-3-13(20)11-16(17)21/h3-12H,1-2H3,(H2,22,23,24,25). The topological polar surface area (TPSA) is 59.1 Å². The number of benzene rings is 2. The Morgan fingerprint density at radius 1 is 0.962 bits per heavy atom. The smallest absolute Gasteiger partial charge is 0.229 e. The predicted octanol–water partition coefficient (Wildman–Crippen LogP) is 5.03. The molecule has 134 valence electrons. The van der Waals surface area contributed by atoms with Crippen molar-refractivity contribution in [2.45, 2.75) is 20.0 Å². The minimum atomic E-state index is -0.715. The molecule has 0 fully saturated rings. The number of ether oxygens (including phenoxy) is 1. The number of anilines is 4. The Kier molecular flexibility index (Phi) is 5.26. The third kappa shape index (κ3) is 4.66. The Balaban J connectivity index is 1.71. The van der Waals surface area contributed by atoms with Crippen LogP contribution in [0.3, 0.4) is 0 Å². The van der Waals surface area contributed by atoms with E-state index in [0.717, 1.165) is 23.6 Å². The molecule has 5 nitrogen and oxygen atoms in total. The van der Waals surface area contributed by atoms with E-state index in [0.29, 0.717) is 5.82 Å². The molecule has 0 aliphatic rings. The fraction of sp³-hybridized carbons (Fsp3) is 0.158. The summed E-state index contributed by atoms with van der Waals surface area (Å²) in [6.45, 7) is 3.93. The fourth-order valence-corrected chi connectivity index (χ4v) is 2.24. The van der Waals surface area contributed by atoms with Gasteiger partial charge in [-0.1, -0.05) is 0 Å². The summed E-state index contributed by atoms with van der Waals surface area (Å²) in [5.41, 5.74) is 0.914. The summed E-state index contributed by atoms with van der Waals surface area (Å²) < 4.78 is 32.3. The second-order valence-corrected chi connectivity index (χ2v) is 5.83. The molecule has 0 amide bonds. The Morgan fingerprint density at radius 2 is 1.73 bits per heavy atom. The molecule has 26 heavy (non-hydrogen) atoms. The van der Waals surface area contributed by atoms with Gasteiger partial charge in [-0.15, -0.1) is 0 Å². The van der Waals surface area contributed by atoms with E-state index in [1.807, 2.05) is 38.1 Å². The van der Waals surface area contributed by atoms with Gasteiger partial charge in [0, 0.05) is 18.0 Å². The second kappa shape index (κ2) is 7.77. The summed E-state index contributed by atoms with van der Waals surface area (Å²) in [5, 5.41) is 5.87. The highest BCUT2D eigenvalue weighted by atomic mass is 19.1. The van der Waals surface area contributed by atoms with Crippen LogP contribution in [0.4, 0.5) is 31.9 Å². The lowest BCUT2D eigenvalue weighted by Crippen LogP contribution is -2.05. The Bertz CT molecular complexity index is 885. The first kappa shape index (κ1) is 17.6. The van der Waals surface area contributed by atoms with Gasteiger partial charge in [-0.2, -0.15) is 4.98 Å². The normalized spacial score (nSPS) is 10.7. The van der Waals surface area contributed by atoms with Crippen molar-refractivity contribution in [1.29, 1.82) is 0 Å². The van der Waals surface area contributed by atoms with Crippen LogP contribution in [0.25, 0.3) is 0 Å². The molecule has 1 heterocycles. The number of aromatic nitrogens is 2. The zero-order valence-corrected chi connectivity index (χ0v) is 14.3. The van der Waals surface area contributed by atoms with E-state index in [1.54, 1.807) is 6.07 Å². The fourth-order valence-electron chi connectivity index (χ4n) is 2.24. The van der Waals surface area contributed by atoms with Gasteiger partial charge in [-0.25, -0.2) is 13.8 Å². The third-order valence-corrected chi connectivity index (χ3v) is 3.33. The van der Waals surface area contributed by atoms with Crippen LogP contribution in [0.5, 0.6) is 5.75 Å². The first-order valence-electron chi connectivity index (χ1n) is 8.08. The van der Waals surface area contributed by atoms with Crippen molar-refractivity contribution in [2.75, 3.05) is 10.6 Å². The summed E-state index contributed by atoms with van der Waals surface area (Å²) in [7, 11) is 0. The van der Waals surface area contributed by atoms with E-state index in [4.69, 9.17) is 4.74 Å². The average Bonchev–Trinajstić information content (AvgIpc) is 2.59. The zero-order chi connectivity index (χ0) is 18.5. The molecule has 1 aromatic heterocycles. The van der Waals surface area contributed by atoms with Crippen LogP contribution in [-0.4, -0.2) is 16.1 Å². The molecule has 3 aromatic rings. The minimum absolute atomic E-state index is 0.0961. The van der Waals surface area contributed by atoms with E-state index in [2.05, 4.69) is 20.6 Å². The summed E-state index contributed by atoms with van der Waals surface area (Å²) in [6, 6.07) is 12.4. The van der Waals surface area contributed by atoms with Gasteiger partial charge >= 0.3 is 0 Å². The average molecular weight is 356 g/mol. The number of halogens is 2.